The van der Waals surface area contributed by atoms with Crippen molar-refractivity contribution in [2.24, 2.45) is 5.73 Å². The van der Waals surface area contributed by atoms with Crippen LogP contribution in [0.1, 0.15) is 11.1 Å². The number of rotatable bonds is 5. The van der Waals surface area contributed by atoms with E-state index in [1.807, 2.05) is 60.7 Å². The number of likely N-dealkylation sites (N-methyl/N-ethyl adjacent to an activating group) is 1. The highest BCUT2D eigenvalue weighted by atomic mass is 35.5. The van der Waals surface area contributed by atoms with Gasteiger partial charge in [0.2, 0.25) is 5.91 Å². The molecule has 156 valence electrons. The number of nitrogens with two attached hydrogens (primary N) is 1. The summed E-state index contributed by atoms with van der Waals surface area (Å²) in [6.45, 7) is -0.0563. The highest BCUT2D eigenvalue weighted by Gasteiger charge is 2.28. The fraction of sp³-hybridized carbons (Fsp3) is 0.0833. The van der Waals surface area contributed by atoms with E-state index in [0.29, 0.717) is 22.0 Å². The maximum absolute atomic E-state index is 12.9. The van der Waals surface area contributed by atoms with E-state index in [1.54, 1.807) is 19.2 Å². The van der Waals surface area contributed by atoms with Crippen LogP contribution in [0, 0.1) is 0 Å². The number of carbonyl (C=O) groups excluding carboxylic acids is 2. The number of amides is 2. The van der Waals surface area contributed by atoms with Crippen molar-refractivity contribution in [3.05, 3.63) is 88.9 Å². The van der Waals surface area contributed by atoms with Crippen LogP contribution < -0.4 is 21.3 Å². The molecule has 3 aromatic carbocycles. The van der Waals surface area contributed by atoms with E-state index in [2.05, 4.69) is 10.6 Å². The Bertz CT molecular complexity index is 1170. The molecule has 0 radical (unpaired) electrons. The molecule has 1 heterocycles. The van der Waals surface area contributed by atoms with Crippen LogP contribution in [0.3, 0.4) is 0 Å². The molecule has 1 aliphatic rings. The van der Waals surface area contributed by atoms with Gasteiger partial charge >= 0.3 is 0 Å². The van der Waals surface area contributed by atoms with Gasteiger partial charge in [-0.05, 0) is 42.0 Å². The van der Waals surface area contributed by atoms with Crippen molar-refractivity contribution in [2.75, 3.05) is 29.1 Å². The van der Waals surface area contributed by atoms with Gasteiger partial charge in [0.25, 0.3) is 5.91 Å². The van der Waals surface area contributed by atoms with Crippen molar-refractivity contribution in [3.8, 4) is 0 Å². The Labute approximate surface area is 185 Å². The molecule has 4 rings (SSSR count). The maximum Gasteiger partial charge on any atom is 0.258 e. The van der Waals surface area contributed by atoms with Gasteiger partial charge < -0.3 is 21.3 Å². The van der Waals surface area contributed by atoms with Gasteiger partial charge in [-0.15, -0.1) is 0 Å². The minimum atomic E-state index is -0.200. The number of anilines is 3. The van der Waals surface area contributed by atoms with Crippen molar-refractivity contribution in [1.29, 1.82) is 0 Å². The van der Waals surface area contributed by atoms with E-state index in [1.165, 1.54) is 4.90 Å². The van der Waals surface area contributed by atoms with Crippen LogP contribution in [0.25, 0.3) is 11.3 Å². The molecule has 0 unspecified atom stereocenters. The molecule has 0 atom stereocenters. The van der Waals surface area contributed by atoms with Crippen LogP contribution in [0.15, 0.2) is 72.8 Å². The predicted octanol–water partition coefficient (Wildman–Crippen LogP) is 4.19. The van der Waals surface area contributed by atoms with Gasteiger partial charge in [-0.25, -0.2) is 0 Å². The minimum absolute atomic E-state index is 0.0563. The Morgan fingerprint density at radius 1 is 1.06 bits per heavy atom. The summed E-state index contributed by atoms with van der Waals surface area (Å²) in [5.74, 6) is -0.376. The van der Waals surface area contributed by atoms with E-state index in [0.717, 1.165) is 22.5 Å². The number of carbonyl (C=O) groups is 2. The Balaban J connectivity index is 1.76. The number of hydrogen-bond acceptors (Lipinski definition) is 4. The second-order valence-electron chi connectivity index (χ2n) is 7.09. The van der Waals surface area contributed by atoms with Gasteiger partial charge in [0.1, 0.15) is 0 Å². The third kappa shape index (κ3) is 4.17. The molecule has 0 aliphatic carbocycles. The second kappa shape index (κ2) is 8.63. The summed E-state index contributed by atoms with van der Waals surface area (Å²) in [6.07, 6.45) is 0. The first-order valence-electron chi connectivity index (χ1n) is 9.72. The second-order valence-corrected chi connectivity index (χ2v) is 7.53. The topological polar surface area (TPSA) is 87.5 Å². The van der Waals surface area contributed by atoms with Gasteiger partial charge in [-0.1, -0.05) is 48.0 Å². The third-order valence-corrected chi connectivity index (χ3v) is 5.35. The number of benzene rings is 3. The molecule has 0 spiro atoms. The Hall–Kier alpha value is -3.61. The Morgan fingerprint density at radius 2 is 1.77 bits per heavy atom. The zero-order valence-electron chi connectivity index (χ0n) is 16.9. The summed E-state index contributed by atoms with van der Waals surface area (Å²) < 4.78 is 0. The van der Waals surface area contributed by atoms with Crippen LogP contribution in [-0.4, -0.2) is 25.4 Å². The zero-order chi connectivity index (χ0) is 22.0. The predicted molar refractivity (Wildman–Crippen MR) is 126 cm³/mol. The summed E-state index contributed by atoms with van der Waals surface area (Å²) in [5.41, 5.74) is 10.5. The molecule has 0 aromatic heterocycles. The molecule has 0 saturated heterocycles. The lowest BCUT2D eigenvalue weighted by Crippen LogP contribution is -2.32. The maximum atomic E-state index is 12.9. The summed E-state index contributed by atoms with van der Waals surface area (Å²) in [7, 11) is 1.68. The first-order chi connectivity index (χ1) is 15.0. The molecule has 0 saturated carbocycles. The lowest BCUT2D eigenvalue weighted by Gasteiger charge is -2.18. The molecule has 1 aliphatic heterocycles. The molecule has 6 nitrogen and oxygen atoms in total. The van der Waals surface area contributed by atoms with Crippen molar-refractivity contribution in [2.45, 2.75) is 0 Å². The standard InChI is InChI=1S/C24H21ClN4O2/c1-29(21(30)14-26)18-10-8-17(9-11-18)27-23(15-5-3-2-4-6-15)22-19-12-7-16(25)13-20(19)28-24(22)31/h2-13,27H,14,26H2,1H3,(H,28,31). The highest BCUT2D eigenvalue weighted by Crippen LogP contribution is 2.38. The summed E-state index contributed by atoms with van der Waals surface area (Å²) >= 11 is 6.10. The van der Waals surface area contributed by atoms with Crippen molar-refractivity contribution < 1.29 is 9.59 Å². The monoisotopic (exact) mass is 432 g/mol. The summed E-state index contributed by atoms with van der Waals surface area (Å²) in [4.78, 5) is 26.2. The Kier molecular flexibility index (Phi) is 5.75. The van der Waals surface area contributed by atoms with Crippen molar-refractivity contribution >= 4 is 51.7 Å². The average Bonchev–Trinajstić information content (AvgIpc) is 3.11. The molecule has 7 heteroatoms. The quantitative estimate of drug-likeness (QED) is 0.527. The summed E-state index contributed by atoms with van der Waals surface area (Å²) in [5, 5.41) is 6.84. The zero-order valence-corrected chi connectivity index (χ0v) is 17.6. The summed E-state index contributed by atoms with van der Waals surface area (Å²) in [6, 6.07) is 22.4. The number of fused-ring (bicyclic) bond motifs is 1. The van der Waals surface area contributed by atoms with Crippen LogP contribution >= 0.6 is 11.6 Å². The first kappa shape index (κ1) is 20.7. The molecule has 0 bridgehead atoms. The van der Waals surface area contributed by atoms with Crippen LogP contribution in [0.4, 0.5) is 17.1 Å². The average molecular weight is 433 g/mol. The molecular formula is C24H21ClN4O2. The van der Waals surface area contributed by atoms with E-state index >= 15 is 0 Å². The number of nitrogens with one attached hydrogen (secondary N) is 2. The van der Waals surface area contributed by atoms with E-state index in [9.17, 15) is 9.59 Å². The highest BCUT2D eigenvalue weighted by molar-refractivity contribution is 6.38. The molecule has 3 aromatic rings. The number of nitrogens with zero attached hydrogens (tertiary/aromatic N) is 1. The SMILES string of the molecule is CN(C(=O)CN)c1ccc(NC(=C2C(=O)Nc3cc(Cl)ccc32)c2ccccc2)cc1. The van der Waals surface area contributed by atoms with Gasteiger partial charge in [-0.3, -0.25) is 9.59 Å². The van der Waals surface area contributed by atoms with Crippen LogP contribution in [0.2, 0.25) is 5.02 Å². The van der Waals surface area contributed by atoms with Gasteiger partial charge in [0.05, 0.1) is 23.5 Å². The van der Waals surface area contributed by atoms with Crippen molar-refractivity contribution in [1.82, 2.24) is 0 Å². The largest absolute Gasteiger partial charge is 0.354 e. The van der Waals surface area contributed by atoms with E-state index in [4.69, 9.17) is 17.3 Å². The molecular weight excluding hydrogens is 412 g/mol. The fourth-order valence-electron chi connectivity index (χ4n) is 3.47. The number of hydrogen-bond donors (Lipinski definition) is 3. The lowest BCUT2D eigenvalue weighted by molar-refractivity contribution is -0.117. The lowest BCUT2D eigenvalue weighted by atomic mass is 10.00. The van der Waals surface area contributed by atoms with Gasteiger partial charge in [0, 0.05) is 29.0 Å². The van der Waals surface area contributed by atoms with Gasteiger partial charge in [0.15, 0.2) is 0 Å². The molecule has 31 heavy (non-hydrogen) atoms. The Morgan fingerprint density at radius 3 is 2.45 bits per heavy atom. The van der Waals surface area contributed by atoms with Crippen LogP contribution in [-0.2, 0) is 9.59 Å². The fourth-order valence-corrected chi connectivity index (χ4v) is 3.64. The molecule has 0 fully saturated rings. The number of halogens is 1. The molecule has 2 amide bonds. The first-order valence-corrected chi connectivity index (χ1v) is 10.1. The molecule has 4 N–H and O–H groups in total. The van der Waals surface area contributed by atoms with E-state index in [-0.39, 0.29) is 18.4 Å². The van der Waals surface area contributed by atoms with Gasteiger partial charge in [-0.2, -0.15) is 0 Å². The van der Waals surface area contributed by atoms with Crippen LogP contribution in [0.5, 0.6) is 0 Å². The van der Waals surface area contributed by atoms with Crippen molar-refractivity contribution in [3.63, 3.8) is 0 Å². The van der Waals surface area contributed by atoms with E-state index < -0.39 is 0 Å². The normalized spacial score (nSPS) is 14.0. The minimum Gasteiger partial charge on any atom is -0.354 e. The smallest absolute Gasteiger partial charge is 0.258 e. The third-order valence-electron chi connectivity index (χ3n) is 5.11.